The zero-order chi connectivity index (χ0) is 22.3. The van der Waals surface area contributed by atoms with Crippen molar-refractivity contribution in [1.29, 1.82) is 0 Å². The van der Waals surface area contributed by atoms with Gasteiger partial charge in [0.2, 0.25) is 0 Å². The smallest absolute Gasteiger partial charge is 0.340 e. The number of ether oxygens (including phenoxy) is 1. The standard InChI is InChI=1S/C26H29N3O2.CH4/c1-27(2)20-11-7-18(8-12-20)26(19-9-13-21(14-10-19)28(3)4)24-16-15-22(29(5)6)17-23(24)25(30)31-26;/h7-17H,1-6H3;1H4. The largest absolute Gasteiger partial charge is 0.441 e. The van der Waals surface area contributed by atoms with E-state index in [9.17, 15) is 4.79 Å². The summed E-state index contributed by atoms with van der Waals surface area (Å²) in [5, 5.41) is 0. The van der Waals surface area contributed by atoms with Gasteiger partial charge in [-0.15, -0.1) is 0 Å². The van der Waals surface area contributed by atoms with E-state index in [4.69, 9.17) is 4.74 Å². The number of carbonyl (C=O) groups excluding carboxylic acids is 1. The van der Waals surface area contributed by atoms with Crippen LogP contribution < -0.4 is 14.7 Å². The van der Waals surface area contributed by atoms with Crippen molar-refractivity contribution in [2.45, 2.75) is 13.0 Å². The van der Waals surface area contributed by atoms with Gasteiger partial charge in [0, 0.05) is 76.0 Å². The van der Waals surface area contributed by atoms with Crippen LogP contribution in [0.15, 0.2) is 66.7 Å². The molecule has 0 atom stereocenters. The summed E-state index contributed by atoms with van der Waals surface area (Å²) >= 11 is 0. The molecule has 0 unspecified atom stereocenters. The predicted molar refractivity (Wildman–Crippen MR) is 134 cm³/mol. The summed E-state index contributed by atoms with van der Waals surface area (Å²) in [5.41, 5.74) is 5.52. The average Bonchev–Trinajstić information content (AvgIpc) is 3.06. The number of rotatable bonds is 5. The van der Waals surface area contributed by atoms with E-state index >= 15 is 0 Å². The van der Waals surface area contributed by atoms with Crippen molar-refractivity contribution >= 4 is 23.0 Å². The summed E-state index contributed by atoms with van der Waals surface area (Å²) in [6.45, 7) is 0. The summed E-state index contributed by atoms with van der Waals surface area (Å²) in [4.78, 5) is 19.2. The molecule has 1 aliphatic heterocycles. The highest BCUT2D eigenvalue weighted by molar-refractivity contribution is 5.97. The number of hydrogen-bond donors (Lipinski definition) is 0. The van der Waals surface area contributed by atoms with E-state index < -0.39 is 5.60 Å². The maximum absolute atomic E-state index is 13.1. The van der Waals surface area contributed by atoms with E-state index in [-0.39, 0.29) is 13.4 Å². The van der Waals surface area contributed by atoms with Gasteiger partial charge in [-0.1, -0.05) is 37.8 Å². The molecular formula is C27H33N3O2. The number of nitrogens with zero attached hydrogens (tertiary/aromatic N) is 3. The van der Waals surface area contributed by atoms with Gasteiger partial charge in [-0.05, 0) is 36.4 Å². The Labute approximate surface area is 191 Å². The Bertz CT molecular complexity index is 1050. The number of cyclic esters (lactones) is 1. The quantitative estimate of drug-likeness (QED) is 0.532. The van der Waals surface area contributed by atoms with Crippen LogP contribution in [0.2, 0.25) is 0 Å². The van der Waals surface area contributed by atoms with Gasteiger partial charge < -0.3 is 19.4 Å². The van der Waals surface area contributed by atoms with Crippen LogP contribution in [0, 0.1) is 0 Å². The van der Waals surface area contributed by atoms with Crippen molar-refractivity contribution < 1.29 is 9.53 Å². The monoisotopic (exact) mass is 431 g/mol. The maximum Gasteiger partial charge on any atom is 0.340 e. The Hall–Kier alpha value is -3.47. The number of anilines is 3. The van der Waals surface area contributed by atoms with Crippen molar-refractivity contribution in [3.63, 3.8) is 0 Å². The molecule has 3 aromatic carbocycles. The number of carbonyl (C=O) groups is 1. The molecule has 0 radical (unpaired) electrons. The lowest BCUT2D eigenvalue weighted by molar-refractivity contribution is 0.0251. The highest BCUT2D eigenvalue weighted by Crippen LogP contribution is 2.48. The lowest BCUT2D eigenvalue weighted by Gasteiger charge is -2.31. The van der Waals surface area contributed by atoms with Crippen LogP contribution in [0.25, 0.3) is 0 Å². The molecule has 0 saturated carbocycles. The zero-order valence-electron chi connectivity index (χ0n) is 19.0. The van der Waals surface area contributed by atoms with Gasteiger partial charge in [0.15, 0.2) is 5.60 Å². The van der Waals surface area contributed by atoms with E-state index in [1.54, 1.807) is 0 Å². The molecule has 0 aliphatic carbocycles. The fraction of sp³-hybridized carbons (Fsp3) is 0.296. The maximum atomic E-state index is 13.1. The van der Waals surface area contributed by atoms with Gasteiger partial charge in [0.25, 0.3) is 0 Å². The Morgan fingerprint density at radius 1 is 0.625 bits per heavy atom. The third-order valence-corrected chi connectivity index (χ3v) is 5.95. The van der Waals surface area contributed by atoms with Gasteiger partial charge >= 0.3 is 5.97 Å². The number of benzene rings is 3. The molecular weight excluding hydrogens is 398 g/mol. The van der Waals surface area contributed by atoms with Gasteiger partial charge in [0.05, 0.1) is 5.56 Å². The predicted octanol–water partition coefficient (Wildman–Crippen LogP) is 4.98. The van der Waals surface area contributed by atoms with E-state index in [0.29, 0.717) is 5.56 Å². The van der Waals surface area contributed by atoms with Gasteiger partial charge in [-0.25, -0.2) is 4.79 Å². The van der Waals surface area contributed by atoms with Gasteiger partial charge in [-0.2, -0.15) is 0 Å². The fourth-order valence-corrected chi connectivity index (χ4v) is 4.12. The summed E-state index contributed by atoms with van der Waals surface area (Å²) in [5.74, 6) is -0.299. The molecule has 0 fully saturated rings. The van der Waals surface area contributed by atoms with Crippen LogP contribution in [-0.4, -0.2) is 48.3 Å². The summed E-state index contributed by atoms with van der Waals surface area (Å²) < 4.78 is 6.24. The topological polar surface area (TPSA) is 36.0 Å². The van der Waals surface area contributed by atoms with E-state index in [1.807, 2.05) is 65.4 Å². The van der Waals surface area contributed by atoms with Crippen LogP contribution in [0.3, 0.4) is 0 Å². The Kier molecular flexibility index (Phi) is 6.22. The summed E-state index contributed by atoms with van der Waals surface area (Å²) in [7, 11) is 12.0. The first-order chi connectivity index (χ1) is 14.7. The SMILES string of the molecule is C.CN(C)c1ccc(C2(c3ccc(N(C)C)cc3)OC(=O)c3cc(N(C)C)ccc32)cc1. The summed E-state index contributed by atoms with van der Waals surface area (Å²) in [6, 6.07) is 22.4. The zero-order valence-corrected chi connectivity index (χ0v) is 19.0. The van der Waals surface area contributed by atoms with E-state index in [2.05, 4.69) is 58.3 Å². The van der Waals surface area contributed by atoms with Crippen molar-refractivity contribution in [2.24, 2.45) is 0 Å². The van der Waals surface area contributed by atoms with Crippen molar-refractivity contribution in [3.05, 3.63) is 89.0 Å². The fourth-order valence-electron chi connectivity index (χ4n) is 4.12. The van der Waals surface area contributed by atoms with Crippen molar-refractivity contribution in [2.75, 3.05) is 57.0 Å². The van der Waals surface area contributed by atoms with E-state index in [0.717, 1.165) is 33.8 Å². The number of fused-ring (bicyclic) bond motifs is 1. The highest BCUT2D eigenvalue weighted by Gasteiger charge is 2.48. The minimum absolute atomic E-state index is 0. The average molecular weight is 432 g/mol. The second kappa shape index (κ2) is 8.58. The lowest BCUT2D eigenvalue weighted by atomic mass is 9.79. The van der Waals surface area contributed by atoms with Crippen LogP contribution in [0.4, 0.5) is 17.1 Å². The molecule has 32 heavy (non-hydrogen) atoms. The van der Waals surface area contributed by atoms with Gasteiger partial charge in [-0.3, -0.25) is 0 Å². The summed E-state index contributed by atoms with van der Waals surface area (Å²) in [6.07, 6.45) is 0. The molecule has 0 aromatic heterocycles. The van der Waals surface area contributed by atoms with E-state index in [1.165, 1.54) is 0 Å². The molecule has 5 heteroatoms. The molecule has 0 bridgehead atoms. The molecule has 0 saturated heterocycles. The van der Waals surface area contributed by atoms with Crippen LogP contribution >= 0.6 is 0 Å². The first-order valence-corrected chi connectivity index (χ1v) is 10.3. The Balaban J connectivity index is 0.00000289. The van der Waals surface area contributed by atoms with Crippen LogP contribution in [-0.2, 0) is 10.3 Å². The normalized spacial score (nSPS) is 13.6. The van der Waals surface area contributed by atoms with Crippen molar-refractivity contribution in [1.82, 2.24) is 0 Å². The lowest BCUT2D eigenvalue weighted by Crippen LogP contribution is -2.29. The minimum Gasteiger partial charge on any atom is -0.441 e. The number of esters is 1. The third-order valence-electron chi connectivity index (χ3n) is 5.95. The molecule has 5 nitrogen and oxygen atoms in total. The Morgan fingerprint density at radius 3 is 1.44 bits per heavy atom. The van der Waals surface area contributed by atoms with Crippen LogP contribution in [0.1, 0.15) is 34.5 Å². The second-order valence-electron chi connectivity index (χ2n) is 8.58. The molecule has 0 amide bonds. The molecule has 0 N–H and O–H groups in total. The Morgan fingerprint density at radius 2 is 1.03 bits per heavy atom. The first kappa shape index (κ1) is 23.2. The van der Waals surface area contributed by atoms with Gasteiger partial charge in [0.1, 0.15) is 0 Å². The highest BCUT2D eigenvalue weighted by atomic mass is 16.6. The molecule has 1 aliphatic rings. The van der Waals surface area contributed by atoms with Crippen molar-refractivity contribution in [3.8, 4) is 0 Å². The van der Waals surface area contributed by atoms with Crippen LogP contribution in [0.5, 0.6) is 0 Å². The molecule has 3 aromatic rings. The second-order valence-corrected chi connectivity index (χ2v) is 8.58. The molecule has 168 valence electrons. The minimum atomic E-state index is -0.979. The molecule has 4 rings (SSSR count). The first-order valence-electron chi connectivity index (χ1n) is 10.3. The molecule has 1 heterocycles. The number of hydrogen-bond acceptors (Lipinski definition) is 5. The molecule has 0 spiro atoms. The third kappa shape index (κ3) is 3.68.